The maximum Gasteiger partial charge on any atom is 0.326 e. The number of aromatic amines is 1. The summed E-state index contributed by atoms with van der Waals surface area (Å²) in [5.74, 6) is -4.74. The molecule has 0 radical (unpaired) electrons. The Bertz CT molecular complexity index is 1370. The zero-order valence-corrected chi connectivity index (χ0v) is 21.4. The molecule has 3 atom stereocenters. The number of para-hydroxylation sites is 1. The highest BCUT2D eigenvalue weighted by molar-refractivity contribution is 5.93. The molecule has 0 spiro atoms. The van der Waals surface area contributed by atoms with Gasteiger partial charge in [-0.05, 0) is 42.2 Å². The normalized spacial score (nSPS) is 13.1. The number of amides is 3. The van der Waals surface area contributed by atoms with Gasteiger partial charge in [0.05, 0.1) is 12.6 Å². The number of carboxylic acid groups (broad SMARTS) is 2. The van der Waals surface area contributed by atoms with Crippen LogP contribution in [-0.2, 0) is 36.8 Å². The van der Waals surface area contributed by atoms with E-state index < -0.39 is 60.8 Å². The Morgan fingerprint density at radius 3 is 2.25 bits per heavy atom. The number of phenolic OH excluding ortho intramolecular Hbond substituents is 1. The summed E-state index contributed by atoms with van der Waals surface area (Å²) in [6, 6.07) is 9.68. The summed E-state index contributed by atoms with van der Waals surface area (Å²) in [6.45, 7) is -0.602. The van der Waals surface area contributed by atoms with Gasteiger partial charge in [-0.2, -0.15) is 0 Å². The summed E-state index contributed by atoms with van der Waals surface area (Å²) in [5.41, 5.74) is 8.10. The first-order valence-electron chi connectivity index (χ1n) is 12.4. The minimum Gasteiger partial charge on any atom is -0.508 e. The number of aromatic nitrogens is 1. The van der Waals surface area contributed by atoms with Gasteiger partial charge in [-0.1, -0.05) is 30.3 Å². The van der Waals surface area contributed by atoms with E-state index in [1.807, 2.05) is 24.3 Å². The number of carbonyl (C=O) groups is 5. The fourth-order valence-corrected chi connectivity index (χ4v) is 4.05. The first-order valence-corrected chi connectivity index (χ1v) is 12.4. The number of benzene rings is 2. The third-order valence-corrected chi connectivity index (χ3v) is 6.16. The van der Waals surface area contributed by atoms with Crippen molar-refractivity contribution in [2.75, 3.05) is 6.54 Å². The van der Waals surface area contributed by atoms with Gasteiger partial charge < -0.3 is 42.0 Å². The van der Waals surface area contributed by atoms with E-state index >= 15 is 0 Å². The van der Waals surface area contributed by atoms with Crippen molar-refractivity contribution in [3.05, 3.63) is 65.9 Å². The third-order valence-electron chi connectivity index (χ3n) is 6.16. The maximum atomic E-state index is 12.7. The quantitative estimate of drug-likeness (QED) is 0.134. The predicted octanol–water partition coefficient (Wildman–Crippen LogP) is 0.0212. The number of carboxylic acids is 2. The monoisotopic (exact) mass is 553 g/mol. The second kappa shape index (κ2) is 13.8. The average molecular weight is 554 g/mol. The molecule has 3 unspecified atom stereocenters. The standard InChI is InChI=1S/C27H31N5O8/c28-19(11-15-5-7-17(33)8-6-15)25(37)32-21(9-10-24(35)36)26(38)30-14-23(34)31-22(27(39)40)12-16-13-29-20-4-2-1-3-18(16)20/h1-8,13,19,21-22,29,33H,9-12,14,28H2,(H,30,38)(H,31,34)(H,32,37)(H,35,36)(H,39,40). The van der Waals surface area contributed by atoms with Gasteiger partial charge in [-0.25, -0.2) is 4.79 Å². The van der Waals surface area contributed by atoms with E-state index in [0.29, 0.717) is 11.1 Å². The summed E-state index contributed by atoms with van der Waals surface area (Å²) in [6.07, 6.45) is 1.04. The number of rotatable bonds is 14. The molecule has 3 aromatic rings. The van der Waals surface area contributed by atoms with Crippen molar-refractivity contribution in [3.63, 3.8) is 0 Å². The van der Waals surface area contributed by atoms with Gasteiger partial charge in [0.2, 0.25) is 17.7 Å². The Balaban J connectivity index is 1.57. The van der Waals surface area contributed by atoms with Crippen molar-refractivity contribution in [3.8, 4) is 5.75 Å². The van der Waals surface area contributed by atoms with Crippen LogP contribution in [0.1, 0.15) is 24.0 Å². The molecular formula is C27H31N5O8. The lowest BCUT2D eigenvalue weighted by Gasteiger charge is -2.21. The topological polar surface area (TPSA) is 224 Å². The molecule has 0 aliphatic heterocycles. The number of aromatic hydroxyl groups is 1. The Morgan fingerprint density at radius 2 is 1.57 bits per heavy atom. The zero-order valence-electron chi connectivity index (χ0n) is 21.4. The SMILES string of the molecule is NC(Cc1ccc(O)cc1)C(=O)NC(CCC(=O)O)C(=O)NCC(=O)NC(Cc1c[nH]c2ccccc12)C(=O)O. The van der Waals surface area contributed by atoms with E-state index in [-0.39, 0.29) is 25.0 Å². The van der Waals surface area contributed by atoms with Crippen molar-refractivity contribution in [2.45, 2.75) is 43.8 Å². The fraction of sp³-hybridized carbons (Fsp3) is 0.296. The van der Waals surface area contributed by atoms with Gasteiger partial charge in [0, 0.05) is 29.9 Å². The largest absolute Gasteiger partial charge is 0.508 e. The highest BCUT2D eigenvalue weighted by atomic mass is 16.4. The molecule has 40 heavy (non-hydrogen) atoms. The third kappa shape index (κ3) is 8.56. The number of aliphatic carboxylic acids is 2. The first kappa shape index (κ1) is 29.6. The molecular weight excluding hydrogens is 522 g/mol. The highest BCUT2D eigenvalue weighted by Gasteiger charge is 2.26. The smallest absolute Gasteiger partial charge is 0.326 e. The molecule has 0 bridgehead atoms. The molecule has 13 heteroatoms. The van der Waals surface area contributed by atoms with E-state index in [1.165, 1.54) is 12.1 Å². The van der Waals surface area contributed by atoms with Crippen LogP contribution >= 0.6 is 0 Å². The number of nitrogens with two attached hydrogens (primary N) is 1. The molecule has 13 nitrogen and oxygen atoms in total. The molecule has 0 aliphatic carbocycles. The summed E-state index contributed by atoms with van der Waals surface area (Å²) < 4.78 is 0. The molecule has 1 heterocycles. The van der Waals surface area contributed by atoms with Crippen molar-refractivity contribution < 1.29 is 39.3 Å². The van der Waals surface area contributed by atoms with Crippen LogP contribution in [0.25, 0.3) is 10.9 Å². The predicted molar refractivity (Wildman–Crippen MR) is 143 cm³/mol. The van der Waals surface area contributed by atoms with E-state index in [1.54, 1.807) is 18.3 Å². The number of carbonyl (C=O) groups excluding carboxylic acids is 3. The van der Waals surface area contributed by atoms with Gasteiger partial charge in [0.1, 0.15) is 17.8 Å². The molecule has 9 N–H and O–H groups in total. The minimum absolute atomic E-state index is 0.00472. The Labute approximate surface area is 228 Å². The number of H-pyrrole nitrogens is 1. The van der Waals surface area contributed by atoms with Crippen LogP contribution in [0, 0.1) is 0 Å². The van der Waals surface area contributed by atoms with Crippen LogP contribution < -0.4 is 21.7 Å². The molecule has 0 fully saturated rings. The van der Waals surface area contributed by atoms with Gasteiger partial charge in [0.15, 0.2) is 0 Å². The van der Waals surface area contributed by atoms with E-state index in [2.05, 4.69) is 20.9 Å². The molecule has 0 saturated carbocycles. The summed E-state index contributed by atoms with van der Waals surface area (Å²) in [7, 11) is 0. The summed E-state index contributed by atoms with van der Waals surface area (Å²) >= 11 is 0. The van der Waals surface area contributed by atoms with Crippen LogP contribution in [0.5, 0.6) is 5.75 Å². The lowest BCUT2D eigenvalue weighted by molar-refractivity contribution is -0.141. The maximum absolute atomic E-state index is 12.7. The summed E-state index contributed by atoms with van der Waals surface area (Å²) in [4.78, 5) is 63.7. The second-order valence-electron chi connectivity index (χ2n) is 9.21. The summed E-state index contributed by atoms with van der Waals surface area (Å²) in [5, 5.41) is 35.9. The van der Waals surface area contributed by atoms with Gasteiger partial charge >= 0.3 is 11.9 Å². The van der Waals surface area contributed by atoms with Crippen molar-refractivity contribution >= 4 is 40.6 Å². The average Bonchev–Trinajstić information content (AvgIpc) is 3.33. The lowest BCUT2D eigenvalue weighted by atomic mass is 10.0. The van der Waals surface area contributed by atoms with E-state index in [4.69, 9.17) is 10.8 Å². The van der Waals surface area contributed by atoms with Crippen LogP contribution in [0.2, 0.25) is 0 Å². The first-order chi connectivity index (χ1) is 19.0. The number of hydrogen-bond acceptors (Lipinski definition) is 7. The number of nitrogens with one attached hydrogen (secondary N) is 4. The van der Waals surface area contributed by atoms with Crippen molar-refractivity contribution in [2.24, 2.45) is 5.73 Å². The van der Waals surface area contributed by atoms with Gasteiger partial charge in [-0.3, -0.25) is 19.2 Å². The lowest BCUT2D eigenvalue weighted by Crippen LogP contribution is -2.54. The number of fused-ring (bicyclic) bond motifs is 1. The van der Waals surface area contributed by atoms with Crippen molar-refractivity contribution in [1.29, 1.82) is 0 Å². The molecule has 2 aromatic carbocycles. The van der Waals surface area contributed by atoms with Crippen molar-refractivity contribution in [1.82, 2.24) is 20.9 Å². The van der Waals surface area contributed by atoms with Crippen LogP contribution in [0.4, 0.5) is 0 Å². The Morgan fingerprint density at radius 1 is 0.875 bits per heavy atom. The fourth-order valence-electron chi connectivity index (χ4n) is 4.05. The number of hydrogen-bond donors (Lipinski definition) is 8. The molecule has 3 amide bonds. The zero-order chi connectivity index (χ0) is 29.2. The Kier molecular flexibility index (Phi) is 10.2. The van der Waals surface area contributed by atoms with Crippen LogP contribution in [-0.4, -0.2) is 74.6 Å². The second-order valence-corrected chi connectivity index (χ2v) is 9.21. The minimum atomic E-state index is -1.30. The van der Waals surface area contributed by atoms with Crippen LogP contribution in [0.15, 0.2) is 54.7 Å². The molecule has 0 aliphatic rings. The van der Waals surface area contributed by atoms with Gasteiger partial charge in [0.25, 0.3) is 0 Å². The molecule has 212 valence electrons. The number of phenols is 1. The van der Waals surface area contributed by atoms with E-state index in [0.717, 1.165) is 10.9 Å². The Hall–Kier alpha value is -4.91. The molecule has 3 rings (SSSR count). The molecule has 0 saturated heterocycles. The molecule has 1 aromatic heterocycles. The highest BCUT2D eigenvalue weighted by Crippen LogP contribution is 2.19. The van der Waals surface area contributed by atoms with E-state index in [9.17, 15) is 34.2 Å². The van der Waals surface area contributed by atoms with Gasteiger partial charge in [-0.15, -0.1) is 0 Å². The van der Waals surface area contributed by atoms with Crippen LogP contribution in [0.3, 0.4) is 0 Å².